The van der Waals surface area contributed by atoms with E-state index >= 15 is 0 Å². The lowest BCUT2D eigenvalue weighted by Gasteiger charge is -2.19. The van der Waals surface area contributed by atoms with Crippen LogP contribution in [0.5, 0.6) is 28.7 Å². The number of ether oxygens (including phenoxy) is 2. The molecule has 7 nitrogen and oxygen atoms in total. The second kappa shape index (κ2) is 11.4. The van der Waals surface area contributed by atoms with Crippen molar-refractivity contribution in [1.29, 1.82) is 0 Å². The van der Waals surface area contributed by atoms with Gasteiger partial charge in [-0.2, -0.15) is 8.42 Å². The van der Waals surface area contributed by atoms with Gasteiger partial charge in [0.2, 0.25) is 0 Å². The highest BCUT2D eigenvalue weighted by Gasteiger charge is 2.15. The molecule has 0 spiro atoms. The van der Waals surface area contributed by atoms with Gasteiger partial charge in [-0.15, -0.1) is 0 Å². The van der Waals surface area contributed by atoms with Crippen molar-refractivity contribution in [3.8, 4) is 28.7 Å². The molecule has 204 valence electrons. The number of hydrogen-bond acceptors (Lipinski definition) is 6. The first-order valence-corrected chi connectivity index (χ1v) is 14.1. The summed E-state index contributed by atoms with van der Waals surface area (Å²) >= 11 is 0. The van der Waals surface area contributed by atoms with Gasteiger partial charge in [0.1, 0.15) is 28.7 Å². The molecule has 0 saturated heterocycles. The molecular formula is C31H33NO6S. The van der Waals surface area contributed by atoms with Crippen molar-refractivity contribution >= 4 is 15.8 Å². The monoisotopic (exact) mass is 547 g/mol. The van der Waals surface area contributed by atoms with Gasteiger partial charge in [0.15, 0.2) is 0 Å². The van der Waals surface area contributed by atoms with Gasteiger partial charge >= 0.3 is 0 Å². The predicted octanol–water partition coefficient (Wildman–Crippen LogP) is 7.88. The smallest absolute Gasteiger partial charge is 0.294 e. The Labute approximate surface area is 229 Å². The third-order valence-electron chi connectivity index (χ3n) is 6.42. The molecule has 8 heteroatoms. The largest absolute Gasteiger partial charge is 0.507 e. The Morgan fingerprint density at radius 3 is 1.87 bits per heavy atom. The number of aromatic hydroxyl groups is 1. The fourth-order valence-corrected chi connectivity index (χ4v) is 4.71. The predicted molar refractivity (Wildman–Crippen MR) is 153 cm³/mol. The molecular weight excluding hydrogens is 514 g/mol. The lowest BCUT2D eigenvalue weighted by Crippen LogP contribution is -2.05. The summed E-state index contributed by atoms with van der Waals surface area (Å²) in [5.74, 6) is 3.13. The molecule has 0 heterocycles. The second-order valence-corrected chi connectivity index (χ2v) is 11.3. The van der Waals surface area contributed by atoms with Gasteiger partial charge in [-0.05, 0) is 110 Å². The minimum Gasteiger partial charge on any atom is -0.507 e. The van der Waals surface area contributed by atoms with Gasteiger partial charge in [-0.3, -0.25) is 4.55 Å². The zero-order valence-corrected chi connectivity index (χ0v) is 23.5. The van der Waals surface area contributed by atoms with Crippen molar-refractivity contribution in [3.63, 3.8) is 0 Å². The van der Waals surface area contributed by atoms with E-state index in [1.54, 1.807) is 0 Å². The van der Waals surface area contributed by atoms with Crippen molar-refractivity contribution in [3.05, 3.63) is 101 Å². The minimum atomic E-state index is -4.25. The van der Waals surface area contributed by atoms with Crippen LogP contribution in [0.4, 0.5) is 5.69 Å². The summed E-state index contributed by atoms with van der Waals surface area (Å²) in [5.41, 5.74) is 5.68. The van der Waals surface area contributed by atoms with Crippen LogP contribution >= 0.6 is 0 Å². The zero-order valence-electron chi connectivity index (χ0n) is 22.6. The van der Waals surface area contributed by atoms with Crippen LogP contribution in [0.1, 0.15) is 47.6 Å². The number of phenols is 1. The lowest BCUT2D eigenvalue weighted by molar-refractivity contribution is 0.453. The van der Waals surface area contributed by atoms with Crippen LogP contribution in [0.2, 0.25) is 0 Å². The summed E-state index contributed by atoms with van der Waals surface area (Å²) < 4.78 is 43.7. The Kier molecular flexibility index (Phi) is 8.18. The van der Waals surface area contributed by atoms with E-state index in [9.17, 15) is 13.5 Å². The maximum Gasteiger partial charge on any atom is 0.294 e. The number of hydrogen-bond donors (Lipinski definition) is 3. The number of aryl methyl sites for hydroxylation is 3. The van der Waals surface area contributed by atoms with E-state index in [4.69, 9.17) is 14.0 Å². The summed E-state index contributed by atoms with van der Waals surface area (Å²) in [7, 11) is -4.25. The Morgan fingerprint density at radius 2 is 1.33 bits per heavy atom. The third kappa shape index (κ3) is 6.90. The van der Waals surface area contributed by atoms with Crippen LogP contribution in [0.3, 0.4) is 0 Å². The first-order chi connectivity index (χ1) is 18.4. The minimum absolute atomic E-state index is 0.190. The van der Waals surface area contributed by atoms with Crippen molar-refractivity contribution in [2.75, 3.05) is 5.32 Å². The Hall–Kier alpha value is -4.01. The molecule has 0 saturated carbocycles. The number of nitrogens with one attached hydrogen (secondary N) is 1. The number of rotatable bonds is 9. The van der Waals surface area contributed by atoms with Gasteiger partial charge in [0.25, 0.3) is 10.1 Å². The molecule has 3 N–H and O–H groups in total. The molecule has 0 bridgehead atoms. The fourth-order valence-electron chi connectivity index (χ4n) is 4.23. The van der Waals surface area contributed by atoms with E-state index in [1.807, 2.05) is 57.2 Å². The molecule has 39 heavy (non-hydrogen) atoms. The van der Waals surface area contributed by atoms with Crippen LogP contribution in [-0.4, -0.2) is 18.1 Å². The Bertz CT molecular complexity index is 1550. The van der Waals surface area contributed by atoms with Crippen LogP contribution in [0.25, 0.3) is 0 Å². The molecule has 4 aromatic rings. The van der Waals surface area contributed by atoms with Gasteiger partial charge in [-0.25, -0.2) is 0 Å². The molecule has 0 fully saturated rings. The normalized spacial score (nSPS) is 11.5. The molecule has 0 amide bonds. The average molecular weight is 548 g/mol. The van der Waals surface area contributed by atoms with Gasteiger partial charge in [-0.1, -0.05) is 26.0 Å². The Balaban J connectivity index is 1.51. The van der Waals surface area contributed by atoms with Crippen LogP contribution in [-0.2, 0) is 16.7 Å². The molecule has 0 aliphatic carbocycles. The SMILES string of the molecule is Cc1cc(Oc2c(C)cc(C(C)C)cc2CNc2ccc(Oc3ccc(S(=O)(=O)O)cc3)cc2)cc(C)c1O. The molecule has 4 rings (SSSR count). The molecule has 0 radical (unpaired) electrons. The van der Waals surface area contributed by atoms with Crippen molar-refractivity contribution in [1.82, 2.24) is 0 Å². The average Bonchev–Trinajstić information content (AvgIpc) is 2.88. The van der Waals surface area contributed by atoms with E-state index in [0.29, 0.717) is 29.7 Å². The zero-order chi connectivity index (χ0) is 28.3. The van der Waals surface area contributed by atoms with Crippen molar-refractivity contribution < 1.29 is 27.6 Å². The highest BCUT2D eigenvalue weighted by Crippen LogP contribution is 2.36. The summed E-state index contributed by atoms with van der Waals surface area (Å²) in [5, 5.41) is 13.6. The summed E-state index contributed by atoms with van der Waals surface area (Å²) in [6.07, 6.45) is 0. The quantitative estimate of drug-likeness (QED) is 0.183. The van der Waals surface area contributed by atoms with Crippen LogP contribution < -0.4 is 14.8 Å². The third-order valence-corrected chi connectivity index (χ3v) is 7.29. The number of phenolic OH excluding ortho intramolecular Hbond substituents is 1. The summed E-state index contributed by atoms with van der Waals surface area (Å²) in [4.78, 5) is -0.190. The topological polar surface area (TPSA) is 105 Å². The van der Waals surface area contributed by atoms with E-state index in [-0.39, 0.29) is 10.6 Å². The number of benzene rings is 4. The summed E-state index contributed by atoms with van der Waals surface area (Å²) in [6, 6.07) is 20.9. The standard InChI is InChI=1S/C31H33NO6S/c1-19(2)23-14-22(5)31(38-28-15-20(3)30(33)21(4)16-28)24(17-23)18-32-25-6-8-26(9-7-25)37-27-10-12-29(13-11-27)39(34,35)36/h6-17,19,32-33H,18H2,1-5H3,(H,34,35,36). The first kappa shape index (κ1) is 28.0. The summed E-state index contributed by atoms with van der Waals surface area (Å²) in [6.45, 7) is 10.6. The number of anilines is 1. The van der Waals surface area contributed by atoms with E-state index in [1.165, 1.54) is 29.8 Å². The fraction of sp³-hybridized carbons (Fsp3) is 0.226. The van der Waals surface area contributed by atoms with E-state index < -0.39 is 10.1 Å². The molecule has 0 aliphatic rings. The highest BCUT2D eigenvalue weighted by molar-refractivity contribution is 7.85. The first-order valence-electron chi connectivity index (χ1n) is 12.6. The van der Waals surface area contributed by atoms with Gasteiger partial charge < -0.3 is 19.9 Å². The molecule has 0 atom stereocenters. The van der Waals surface area contributed by atoms with Crippen molar-refractivity contribution in [2.45, 2.75) is 52.0 Å². The maximum absolute atomic E-state index is 11.2. The van der Waals surface area contributed by atoms with E-state index in [2.05, 4.69) is 31.3 Å². The molecule has 0 unspecified atom stereocenters. The van der Waals surface area contributed by atoms with Gasteiger partial charge in [0.05, 0.1) is 4.90 Å². The Morgan fingerprint density at radius 1 is 0.769 bits per heavy atom. The molecule has 0 aromatic heterocycles. The van der Waals surface area contributed by atoms with Crippen LogP contribution in [0, 0.1) is 20.8 Å². The molecule has 0 aliphatic heterocycles. The highest BCUT2D eigenvalue weighted by atomic mass is 32.2. The maximum atomic E-state index is 11.2. The van der Waals surface area contributed by atoms with Crippen LogP contribution in [0.15, 0.2) is 77.7 Å². The van der Waals surface area contributed by atoms with Gasteiger partial charge in [0, 0.05) is 17.8 Å². The molecule has 4 aromatic carbocycles. The lowest BCUT2D eigenvalue weighted by atomic mass is 9.97. The second-order valence-electron chi connectivity index (χ2n) is 9.91. The van der Waals surface area contributed by atoms with Crippen molar-refractivity contribution in [2.24, 2.45) is 0 Å². The van der Waals surface area contributed by atoms with E-state index in [0.717, 1.165) is 33.7 Å².